The topological polar surface area (TPSA) is 41.5 Å². The first-order chi connectivity index (χ1) is 7.99. The first-order valence-electron chi connectivity index (χ1n) is 5.53. The Morgan fingerprint density at radius 1 is 1.29 bits per heavy atom. The molecule has 0 aliphatic carbocycles. The average Bonchev–Trinajstić information content (AvgIpc) is 2.28. The van der Waals surface area contributed by atoms with Crippen LogP contribution in [0.5, 0.6) is 0 Å². The molecule has 1 amide bonds. The van der Waals surface area contributed by atoms with Crippen molar-refractivity contribution in [3.8, 4) is 0 Å². The van der Waals surface area contributed by atoms with Gasteiger partial charge in [-0.15, -0.1) is 11.8 Å². The van der Waals surface area contributed by atoms with Crippen molar-refractivity contribution in [1.29, 1.82) is 0 Å². The maximum absolute atomic E-state index is 11.7. The zero-order valence-electron chi connectivity index (χ0n) is 10.7. The third-order valence-electron chi connectivity index (χ3n) is 2.09. The number of hydrogen-bond donors (Lipinski definition) is 1. The molecule has 0 spiro atoms. The molecule has 0 bridgehead atoms. The molecular weight excluding hydrogens is 232 g/mol. The molecule has 1 rings (SSSR count). The molecule has 92 valence electrons. The van der Waals surface area contributed by atoms with Crippen molar-refractivity contribution >= 4 is 23.4 Å². The fourth-order valence-electron chi connectivity index (χ4n) is 1.13. The van der Waals surface area contributed by atoms with Gasteiger partial charge in [0.1, 0.15) is 0 Å². The van der Waals surface area contributed by atoms with Crippen molar-refractivity contribution in [3.05, 3.63) is 29.8 Å². The zero-order valence-corrected chi connectivity index (χ0v) is 11.5. The van der Waals surface area contributed by atoms with Crippen molar-refractivity contribution < 1.29 is 4.79 Å². The van der Waals surface area contributed by atoms with E-state index in [2.05, 4.69) is 10.5 Å². The lowest BCUT2D eigenvalue weighted by atomic mass is 10.2. The number of thioether (sulfide) groups is 1. The molecule has 1 N–H and O–H groups in total. The van der Waals surface area contributed by atoms with E-state index in [-0.39, 0.29) is 11.2 Å². The van der Waals surface area contributed by atoms with Crippen LogP contribution in [0.4, 0.5) is 0 Å². The fraction of sp³-hybridized carbons (Fsp3) is 0.385. The van der Waals surface area contributed by atoms with E-state index in [0.29, 0.717) is 0 Å². The molecule has 0 radical (unpaired) electrons. The lowest BCUT2D eigenvalue weighted by Gasteiger charge is -2.09. The third-order valence-corrected chi connectivity index (χ3v) is 3.20. The molecule has 17 heavy (non-hydrogen) atoms. The van der Waals surface area contributed by atoms with Gasteiger partial charge in [0.05, 0.1) is 5.25 Å². The highest BCUT2D eigenvalue weighted by Gasteiger charge is 2.13. The van der Waals surface area contributed by atoms with Crippen LogP contribution in [0.1, 0.15) is 26.3 Å². The van der Waals surface area contributed by atoms with Gasteiger partial charge in [-0.05, 0) is 39.8 Å². The summed E-state index contributed by atoms with van der Waals surface area (Å²) in [6.07, 6.45) is 0. The molecule has 4 heteroatoms. The quantitative estimate of drug-likeness (QED) is 0.507. The molecule has 0 saturated carbocycles. The number of amides is 1. The lowest BCUT2D eigenvalue weighted by Crippen LogP contribution is -2.27. The van der Waals surface area contributed by atoms with E-state index in [1.54, 1.807) is 0 Å². The van der Waals surface area contributed by atoms with Crippen molar-refractivity contribution in [2.24, 2.45) is 5.10 Å². The molecule has 3 nitrogen and oxygen atoms in total. The standard InChI is InChI=1S/C13H18N2OS/c1-9(2)14-15-13(16)11(4)17-12-7-5-10(3)6-8-12/h5-8,11H,1-4H3,(H,15,16)/t11-/m1/s1. The second-order valence-electron chi connectivity index (χ2n) is 4.11. The number of rotatable bonds is 4. The maximum atomic E-state index is 11.7. The van der Waals surface area contributed by atoms with Gasteiger partial charge >= 0.3 is 0 Å². The maximum Gasteiger partial charge on any atom is 0.253 e. The number of carbonyl (C=O) groups excluding carboxylic acids is 1. The molecule has 0 heterocycles. The van der Waals surface area contributed by atoms with Crippen LogP contribution in [0, 0.1) is 6.92 Å². The summed E-state index contributed by atoms with van der Waals surface area (Å²) in [6.45, 7) is 7.61. The monoisotopic (exact) mass is 250 g/mol. The number of hydrogen-bond acceptors (Lipinski definition) is 3. The van der Waals surface area contributed by atoms with Gasteiger partial charge in [-0.3, -0.25) is 4.79 Å². The van der Waals surface area contributed by atoms with Crippen molar-refractivity contribution in [2.75, 3.05) is 0 Å². The summed E-state index contributed by atoms with van der Waals surface area (Å²) in [5.74, 6) is -0.0724. The van der Waals surface area contributed by atoms with E-state index in [0.717, 1.165) is 10.6 Å². The number of aryl methyl sites for hydroxylation is 1. The zero-order chi connectivity index (χ0) is 12.8. The number of benzene rings is 1. The van der Waals surface area contributed by atoms with Crippen LogP contribution in [0.3, 0.4) is 0 Å². The number of hydrazone groups is 1. The minimum atomic E-state index is -0.152. The van der Waals surface area contributed by atoms with Gasteiger partial charge < -0.3 is 0 Å². The smallest absolute Gasteiger partial charge is 0.253 e. The first kappa shape index (κ1) is 13.8. The predicted octanol–water partition coefficient (Wildman–Crippen LogP) is 2.99. The first-order valence-corrected chi connectivity index (χ1v) is 6.41. The van der Waals surface area contributed by atoms with Crippen LogP contribution in [0.15, 0.2) is 34.3 Å². The molecule has 0 aliphatic rings. The fourth-order valence-corrected chi connectivity index (χ4v) is 1.99. The molecule has 0 fully saturated rings. The van der Waals surface area contributed by atoms with Crippen molar-refractivity contribution in [3.63, 3.8) is 0 Å². The van der Waals surface area contributed by atoms with Gasteiger partial charge in [-0.25, -0.2) is 5.43 Å². The highest BCUT2D eigenvalue weighted by Crippen LogP contribution is 2.23. The Bertz CT molecular complexity index is 408. The second kappa shape index (κ2) is 6.45. The molecule has 0 aromatic heterocycles. The minimum absolute atomic E-state index is 0.0724. The van der Waals surface area contributed by atoms with E-state index in [4.69, 9.17) is 0 Å². The Hall–Kier alpha value is -1.29. The summed E-state index contributed by atoms with van der Waals surface area (Å²) in [6, 6.07) is 8.14. The van der Waals surface area contributed by atoms with Crippen LogP contribution in [-0.2, 0) is 4.79 Å². The van der Waals surface area contributed by atoms with Gasteiger partial charge in [-0.1, -0.05) is 17.7 Å². The van der Waals surface area contributed by atoms with Gasteiger partial charge in [0.2, 0.25) is 0 Å². The number of nitrogens with one attached hydrogen (secondary N) is 1. The summed E-state index contributed by atoms with van der Waals surface area (Å²) >= 11 is 1.53. The largest absolute Gasteiger partial charge is 0.272 e. The van der Waals surface area contributed by atoms with Crippen molar-refractivity contribution in [1.82, 2.24) is 5.43 Å². The van der Waals surface area contributed by atoms with E-state index in [1.807, 2.05) is 52.0 Å². The Kier molecular flexibility index (Phi) is 5.22. The Morgan fingerprint density at radius 2 is 1.88 bits per heavy atom. The van der Waals surface area contributed by atoms with Crippen LogP contribution in [0.25, 0.3) is 0 Å². The molecule has 1 aromatic carbocycles. The molecule has 0 saturated heterocycles. The number of carbonyl (C=O) groups is 1. The molecule has 0 unspecified atom stereocenters. The molecule has 1 aromatic rings. The summed E-state index contributed by atoms with van der Waals surface area (Å²) < 4.78 is 0. The number of nitrogens with zero attached hydrogens (tertiary/aromatic N) is 1. The summed E-state index contributed by atoms with van der Waals surface area (Å²) in [5, 5.41) is 3.75. The Labute approximate surface area is 107 Å². The van der Waals surface area contributed by atoms with Gasteiger partial charge in [0.25, 0.3) is 5.91 Å². The Balaban J connectivity index is 2.54. The highest BCUT2D eigenvalue weighted by atomic mass is 32.2. The van der Waals surface area contributed by atoms with Gasteiger partial charge in [-0.2, -0.15) is 5.10 Å². The van der Waals surface area contributed by atoms with E-state index in [9.17, 15) is 4.79 Å². The molecule has 0 aliphatic heterocycles. The average molecular weight is 250 g/mol. The van der Waals surface area contributed by atoms with Crippen LogP contribution in [-0.4, -0.2) is 16.9 Å². The minimum Gasteiger partial charge on any atom is -0.272 e. The lowest BCUT2D eigenvalue weighted by molar-refractivity contribution is -0.120. The summed E-state index contributed by atoms with van der Waals surface area (Å²) in [5.41, 5.74) is 4.60. The van der Waals surface area contributed by atoms with E-state index >= 15 is 0 Å². The predicted molar refractivity (Wildman–Crippen MR) is 73.4 cm³/mol. The van der Waals surface area contributed by atoms with Crippen LogP contribution >= 0.6 is 11.8 Å². The van der Waals surface area contributed by atoms with Crippen LogP contribution < -0.4 is 5.43 Å². The van der Waals surface area contributed by atoms with E-state index in [1.165, 1.54) is 17.3 Å². The van der Waals surface area contributed by atoms with Gasteiger partial charge in [0, 0.05) is 10.6 Å². The normalized spacial score (nSPS) is 11.8. The van der Waals surface area contributed by atoms with Crippen molar-refractivity contribution in [2.45, 2.75) is 37.8 Å². The summed E-state index contributed by atoms with van der Waals surface area (Å²) in [4.78, 5) is 12.8. The highest BCUT2D eigenvalue weighted by molar-refractivity contribution is 8.00. The Morgan fingerprint density at radius 3 is 2.41 bits per heavy atom. The third kappa shape index (κ3) is 5.04. The second-order valence-corrected chi connectivity index (χ2v) is 5.52. The molecule has 1 atom stereocenters. The molecular formula is C13H18N2OS. The summed E-state index contributed by atoms with van der Waals surface area (Å²) in [7, 11) is 0. The SMILES string of the molecule is CC(C)=NNC(=O)[C@@H](C)Sc1ccc(C)cc1. The van der Waals surface area contributed by atoms with Crippen LogP contribution in [0.2, 0.25) is 0 Å². The van der Waals surface area contributed by atoms with E-state index < -0.39 is 0 Å². The van der Waals surface area contributed by atoms with Gasteiger partial charge in [0.15, 0.2) is 0 Å².